The van der Waals surface area contributed by atoms with Crippen LogP contribution >= 0.6 is 11.3 Å². The third-order valence-corrected chi connectivity index (χ3v) is 6.03. The lowest BCUT2D eigenvalue weighted by molar-refractivity contribution is 1.51. The van der Waals surface area contributed by atoms with E-state index in [4.69, 9.17) is 0 Å². The smallest absolute Gasteiger partial charge is 0.117 e. The second kappa shape index (κ2) is 6.45. The molecular formula is C24H15NOS. The molecular weight excluding hydrogens is 350 g/mol. The number of hydrogen-bond donors (Lipinski definition) is 0. The molecule has 0 spiro atoms. The van der Waals surface area contributed by atoms with Gasteiger partial charge in [-0.2, -0.15) is 0 Å². The lowest BCUT2D eigenvalue weighted by Gasteiger charge is -2.07. The Morgan fingerprint density at radius 3 is 2.04 bits per heavy atom. The van der Waals surface area contributed by atoms with Gasteiger partial charge in [-0.3, -0.25) is 0 Å². The lowest BCUT2D eigenvalue weighted by Crippen LogP contribution is -1.82. The van der Waals surface area contributed by atoms with Gasteiger partial charge in [-0.25, -0.2) is 0 Å². The highest BCUT2D eigenvalue weighted by Gasteiger charge is 2.12. The third kappa shape index (κ3) is 2.73. The molecule has 27 heavy (non-hydrogen) atoms. The van der Waals surface area contributed by atoms with Gasteiger partial charge < -0.3 is 0 Å². The number of nitrogens with zero attached hydrogens (tertiary/aromatic N) is 1. The second-order valence-corrected chi connectivity index (χ2v) is 7.58. The molecule has 1 aromatic heterocycles. The third-order valence-electron chi connectivity index (χ3n) is 4.90. The molecule has 0 bridgehead atoms. The van der Waals surface area contributed by atoms with Crippen molar-refractivity contribution in [1.29, 1.82) is 0 Å². The number of rotatable bonds is 3. The van der Waals surface area contributed by atoms with Crippen molar-refractivity contribution < 1.29 is 0 Å². The molecule has 0 fully saturated rings. The van der Waals surface area contributed by atoms with Gasteiger partial charge in [0.2, 0.25) is 0 Å². The summed E-state index contributed by atoms with van der Waals surface area (Å²) in [4.78, 5) is 11.5. The molecule has 0 N–H and O–H groups in total. The normalized spacial score (nSPS) is 11.1. The number of fused-ring (bicyclic) bond motifs is 3. The molecule has 0 saturated carbocycles. The summed E-state index contributed by atoms with van der Waals surface area (Å²) in [6.07, 6.45) is 0. The minimum absolute atomic E-state index is 0.488. The Balaban J connectivity index is 1.67. The van der Waals surface area contributed by atoms with Gasteiger partial charge in [-0.1, -0.05) is 72.8 Å². The van der Waals surface area contributed by atoms with Crippen molar-refractivity contribution in [1.82, 2.24) is 0 Å². The minimum Gasteiger partial charge on any atom is -0.145 e. The van der Waals surface area contributed by atoms with E-state index in [2.05, 4.69) is 65.8 Å². The van der Waals surface area contributed by atoms with Crippen LogP contribution in [0.3, 0.4) is 0 Å². The van der Waals surface area contributed by atoms with Gasteiger partial charge in [0.05, 0.1) is 0 Å². The zero-order valence-corrected chi connectivity index (χ0v) is 15.2. The van der Waals surface area contributed by atoms with Gasteiger partial charge in [0.1, 0.15) is 5.69 Å². The average molecular weight is 365 g/mol. The monoisotopic (exact) mass is 365 g/mol. The Bertz CT molecular complexity index is 1270. The largest absolute Gasteiger partial charge is 0.145 e. The van der Waals surface area contributed by atoms with E-state index in [0.29, 0.717) is 5.69 Å². The fourth-order valence-corrected chi connectivity index (χ4v) is 4.66. The van der Waals surface area contributed by atoms with E-state index >= 15 is 0 Å². The molecule has 3 heteroatoms. The van der Waals surface area contributed by atoms with Crippen molar-refractivity contribution in [3.63, 3.8) is 0 Å². The van der Waals surface area contributed by atoms with E-state index < -0.39 is 0 Å². The SMILES string of the molecule is O=Nc1cc2sc3ccccc3c2cc1-c1ccc(-c2ccccc2)cc1. The summed E-state index contributed by atoms with van der Waals surface area (Å²) in [6, 6.07) is 30.9. The van der Waals surface area contributed by atoms with Crippen LogP contribution in [0.1, 0.15) is 0 Å². The topological polar surface area (TPSA) is 29.4 Å². The zero-order valence-electron chi connectivity index (χ0n) is 14.4. The highest BCUT2D eigenvalue weighted by Crippen LogP contribution is 2.41. The summed E-state index contributed by atoms with van der Waals surface area (Å²) in [6.45, 7) is 0. The standard InChI is InChI=1S/C24H15NOS/c26-25-22-15-24-21(19-8-4-5-9-23(19)27-24)14-20(22)18-12-10-17(11-13-18)16-6-2-1-3-7-16/h1-15H. The lowest BCUT2D eigenvalue weighted by atomic mass is 9.98. The van der Waals surface area contributed by atoms with Crippen molar-refractivity contribution in [2.45, 2.75) is 0 Å². The van der Waals surface area contributed by atoms with E-state index in [1.807, 2.05) is 30.3 Å². The van der Waals surface area contributed by atoms with Gasteiger partial charge in [-0.15, -0.1) is 16.2 Å². The summed E-state index contributed by atoms with van der Waals surface area (Å²) in [5.74, 6) is 0. The highest BCUT2D eigenvalue weighted by molar-refractivity contribution is 7.25. The fraction of sp³-hybridized carbons (Fsp3) is 0. The van der Waals surface area contributed by atoms with Crippen LogP contribution in [0.2, 0.25) is 0 Å². The van der Waals surface area contributed by atoms with E-state index in [9.17, 15) is 4.91 Å². The Morgan fingerprint density at radius 1 is 0.593 bits per heavy atom. The summed E-state index contributed by atoms with van der Waals surface area (Å²) in [7, 11) is 0. The second-order valence-electron chi connectivity index (χ2n) is 6.50. The first kappa shape index (κ1) is 15.9. The van der Waals surface area contributed by atoms with Crippen LogP contribution < -0.4 is 0 Å². The van der Waals surface area contributed by atoms with Gasteiger partial charge in [0, 0.05) is 25.7 Å². The zero-order chi connectivity index (χ0) is 18.2. The van der Waals surface area contributed by atoms with Crippen molar-refractivity contribution in [3.05, 3.63) is 95.9 Å². The minimum atomic E-state index is 0.488. The maximum atomic E-state index is 11.5. The van der Waals surface area contributed by atoms with Crippen molar-refractivity contribution in [2.24, 2.45) is 5.18 Å². The molecule has 1 heterocycles. The number of hydrogen-bond acceptors (Lipinski definition) is 3. The first-order valence-electron chi connectivity index (χ1n) is 8.78. The molecule has 0 saturated heterocycles. The summed E-state index contributed by atoms with van der Waals surface area (Å²) < 4.78 is 2.32. The van der Waals surface area contributed by atoms with Crippen LogP contribution in [0.5, 0.6) is 0 Å². The molecule has 5 aromatic rings. The molecule has 0 radical (unpaired) electrons. The molecule has 4 aromatic carbocycles. The molecule has 0 aliphatic rings. The van der Waals surface area contributed by atoms with E-state index in [1.54, 1.807) is 11.3 Å². The van der Waals surface area contributed by atoms with Crippen molar-refractivity contribution >= 4 is 37.2 Å². The van der Waals surface area contributed by atoms with Gasteiger partial charge in [-0.05, 0) is 40.1 Å². The Hall–Kier alpha value is -3.30. The molecule has 5 rings (SSSR count). The van der Waals surface area contributed by atoms with E-state index in [-0.39, 0.29) is 0 Å². The summed E-state index contributed by atoms with van der Waals surface area (Å²) >= 11 is 1.70. The number of benzene rings is 4. The molecule has 2 nitrogen and oxygen atoms in total. The van der Waals surface area contributed by atoms with E-state index in [1.165, 1.54) is 21.0 Å². The predicted octanol–water partition coefficient (Wildman–Crippen LogP) is 7.79. The molecule has 0 atom stereocenters. The molecule has 0 aliphatic carbocycles. The van der Waals surface area contributed by atoms with Gasteiger partial charge in [0.15, 0.2) is 0 Å². The van der Waals surface area contributed by atoms with Crippen LogP contribution in [0.25, 0.3) is 42.4 Å². The predicted molar refractivity (Wildman–Crippen MR) is 116 cm³/mol. The highest BCUT2D eigenvalue weighted by atomic mass is 32.1. The van der Waals surface area contributed by atoms with Crippen LogP contribution in [-0.2, 0) is 0 Å². The summed E-state index contributed by atoms with van der Waals surface area (Å²) in [5, 5.41) is 5.70. The summed E-state index contributed by atoms with van der Waals surface area (Å²) in [5.41, 5.74) is 4.70. The first-order valence-corrected chi connectivity index (χ1v) is 9.60. The van der Waals surface area contributed by atoms with E-state index in [0.717, 1.165) is 21.4 Å². The Morgan fingerprint density at radius 2 is 1.26 bits per heavy atom. The van der Waals surface area contributed by atoms with Gasteiger partial charge >= 0.3 is 0 Å². The quantitative estimate of drug-likeness (QED) is 0.300. The molecule has 128 valence electrons. The number of thiophene rings is 1. The van der Waals surface area contributed by atoms with Crippen molar-refractivity contribution in [2.75, 3.05) is 0 Å². The molecule has 0 aliphatic heterocycles. The Labute approximate surface area is 160 Å². The fourth-order valence-electron chi connectivity index (χ4n) is 3.54. The van der Waals surface area contributed by atoms with Crippen LogP contribution in [0.15, 0.2) is 96.2 Å². The van der Waals surface area contributed by atoms with Crippen LogP contribution in [0.4, 0.5) is 5.69 Å². The first-order chi connectivity index (χ1) is 13.3. The van der Waals surface area contributed by atoms with Crippen LogP contribution in [-0.4, -0.2) is 0 Å². The van der Waals surface area contributed by atoms with Crippen molar-refractivity contribution in [3.8, 4) is 22.3 Å². The molecule has 0 unspecified atom stereocenters. The van der Waals surface area contributed by atoms with Gasteiger partial charge in [0.25, 0.3) is 0 Å². The maximum absolute atomic E-state index is 11.5. The van der Waals surface area contributed by atoms with Crippen LogP contribution in [0, 0.1) is 4.91 Å². The molecule has 0 amide bonds. The Kier molecular flexibility index (Phi) is 3.80. The number of nitroso groups, excluding NO2 is 1. The maximum Gasteiger partial charge on any atom is 0.117 e. The average Bonchev–Trinajstić information content (AvgIpc) is 3.11.